The first-order valence-electron chi connectivity index (χ1n) is 3.45. The van der Waals surface area contributed by atoms with Gasteiger partial charge in [0.15, 0.2) is 0 Å². The van der Waals surface area contributed by atoms with Gasteiger partial charge in [0.25, 0.3) is 0 Å². The van der Waals surface area contributed by atoms with Crippen molar-refractivity contribution in [3.05, 3.63) is 0 Å². The average Bonchev–Trinajstić information content (AvgIpc) is 2.18. The lowest BCUT2D eigenvalue weighted by Gasteiger charge is -2.11. The van der Waals surface area contributed by atoms with Crippen molar-refractivity contribution in [1.29, 1.82) is 0 Å². The van der Waals surface area contributed by atoms with Crippen LogP contribution in [0.3, 0.4) is 0 Å². The zero-order valence-electron chi connectivity index (χ0n) is 5.85. The van der Waals surface area contributed by atoms with Crippen molar-refractivity contribution in [3.8, 4) is 0 Å². The minimum absolute atomic E-state index is 0.359. The van der Waals surface area contributed by atoms with Gasteiger partial charge >= 0.3 is 0 Å². The molecule has 4 N–H and O–H groups in total. The molecule has 1 aliphatic heterocycles. The van der Waals surface area contributed by atoms with E-state index in [9.17, 15) is 0 Å². The lowest BCUT2D eigenvalue weighted by atomic mass is 10.1. The third kappa shape index (κ3) is 1.64. The van der Waals surface area contributed by atoms with E-state index in [0.29, 0.717) is 12.0 Å². The van der Waals surface area contributed by atoms with Gasteiger partial charge in [-0.05, 0) is 7.05 Å². The maximum Gasteiger partial charge on any atom is 0.0218 e. The highest BCUT2D eigenvalue weighted by Gasteiger charge is 2.21. The Morgan fingerprint density at radius 3 is 2.89 bits per heavy atom. The SMILES string of the molecule is CNCC1CNCC1N. The summed E-state index contributed by atoms with van der Waals surface area (Å²) in [6, 6.07) is 0.359. The zero-order chi connectivity index (χ0) is 6.69. The van der Waals surface area contributed by atoms with Crippen LogP contribution in [0.15, 0.2) is 0 Å². The summed E-state index contributed by atoms with van der Waals surface area (Å²) < 4.78 is 0. The molecule has 1 fully saturated rings. The number of nitrogens with one attached hydrogen (secondary N) is 2. The third-order valence-corrected chi connectivity index (χ3v) is 1.86. The highest BCUT2D eigenvalue weighted by Crippen LogP contribution is 2.03. The van der Waals surface area contributed by atoms with E-state index in [-0.39, 0.29) is 0 Å². The van der Waals surface area contributed by atoms with Gasteiger partial charge in [0.05, 0.1) is 0 Å². The molecule has 0 saturated carbocycles. The normalized spacial score (nSPS) is 35.3. The van der Waals surface area contributed by atoms with E-state index in [1.165, 1.54) is 0 Å². The standard InChI is InChI=1S/C6H15N3/c1-8-2-5-3-9-4-6(5)7/h5-6,8-9H,2-4,7H2,1H3. The molecule has 3 heteroatoms. The fraction of sp³-hybridized carbons (Fsp3) is 1.00. The molecule has 0 aliphatic carbocycles. The molecule has 0 aromatic carbocycles. The largest absolute Gasteiger partial charge is 0.326 e. The maximum atomic E-state index is 5.76. The molecule has 2 unspecified atom stereocenters. The van der Waals surface area contributed by atoms with Crippen molar-refractivity contribution >= 4 is 0 Å². The summed E-state index contributed by atoms with van der Waals surface area (Å²) in [6.07, 6.45) is 0. The molecule has 54 valence electrons. The van der Waals surface area contributed by atoms with Gasteiger partial charge in [-0.2, -0.15) is 0 Å². The van der Waals surface area contributed by atoms with E-state index in [1.54, 1.807) is 0 Å². The minimum Gasteiger partial charge on any atom is -0.326 e. The molecule has 0 aromatic rings. The molecule has 0 radical (unpaired) electrons. The van der Waals surface area contributed by atoms with Gasteiger partial charge in [-0.25, -0.2) is 0 Å². The van der Waals surface area contributed by atoms with Crippen LogP contribution in [0.5, 0.6) is 0 Å². The molecule has 1 aliphatic rings. The summed E-state index contributed by atoms with van der Waals surface area (Å²) in [5, 5.41) is 6.36. The summed E-state index contributed by atoms with van der Waals surface area (Å²) in [4.78, 5) is 0. The first kappa shape index (κ1) is 6.99. The van der Waals surface area contributed by atoms with Gasteiger partial charge in [-0.15, -0.1) is 0 Å². The second kappa shape index (κ2) is 3.15. The lowest BCUT2D eigenvalue weighted by Crippen LogP contribution is -2.34. The Morgan fingerprint density at radius 1 is 1.67 bits per heavy atom. The predicted molar refractivity (Wildman–Crippen MR) is 38.3 cm³/mol. The highest BCUT2D eigenvalue weighted by molar-refractivity contribution is 4.84. The Kier molecular flexibility index (Phi) is 2.45. The number of hydrogen-bond acceptors (Lipinski definition) is 3. The van der Waals surface area contributed by atoms with Gasteiger partial charge < -0.3 is 16.4 Å². The summed E-state index contributed by atoms with van der Waals surface area (Å²) in [5.41, 5.74) is 5.76. The van der Waals surface area contributed by atoms with Gasteiger partial charge in [0.2, 0.25) is 0 Å². The monoisotopic (exact) mass is 129 g/mol. The number of hydrogen-bond donors (Lipinski definition) is 3. The Labute approximate surface area is 56.0 Å². The van der Waals surface area contributed by atoms with E-state index in [2.05, 4.69) is 10.6 Å². The first-order valence-corrected chi connectivity index (χ1v) is 3.45. The van der Waals surface area contributed by atoms with E-state index in [0.717, 1.165) is 19.6 Å². The average molecular weight is 129 g/mol. The molecule has 9 heavy (non-hydrogen) atoms. The van der Waals surface area contributed by atoms with Crippen molar-refractivity contribution in [2.45, 2.75) is 6.04 Å². The highest BCUT2D eigenvalue weighted by atomic mass is 15.0. The first-order chi connectivity index (χ1) is 4.34. The second-order valence-corrected chi connectivity index (χ2v) is 2.64. The van der Waals surface area contributed by atoms with Crippen LogP contribution >= 0.6 is 0 Å². The maximum absolute atomic E-state index is 5.76. The topological polar surface area (TPSA) is 50.1 Å². The summed E-state index contributed by atoms with van der Waals surface area (Å²) in [7, 11) is 1.96. The Bertz CT molecular complexity index is 84.4. The molecular weight excluding hydrogens is 114 g/mol. The molecule has 1 saturated heterocycles. The molecule has 2 atom stereocenters. The Balaban J connectivity index is 2.22. The second-order valence-electron chi connectivity index (χ2n) is 2.64. The summed E-state index contributed by atoms with van der Waals surface area (Å²) in [6.45, 7) is 3.09. The van der Waals surface area contributed by atoms with Crippen LogP contribution < -0.4 is 16.4 Å². The fourth-order valence-corrected chi connectivity index (χ4v) is 1.24. The van der Waals surface area contributed by atoms with E-state index < -0.39 is 0 Å². The van der Waals surface area contributed by atoms with Crippen LogP contribution in [0, 0.1) is 5.92 Å². The van der Waals surface area contributed by atoms with E-state index in [1.807, 2.05) is 7.05 Å². The zero-order valence-corrected chi connectivity index (χ0v) is 5.85. The van der Waals surface area contributed by atoms with Crippen LogP contribution in [0.4, 0.5) is 0 Å². The molecule has 0 spiro atoms. The predicted octanol–water partition coefficient (Wildman–Crippen LogP) is -1.25. The number of rotatable bonds is 2. The van der Waals surface area contributed by atoms with Gasteiger partial charge in [0, 0.05) is 31.6 Å². The third-order valence-electron chi connectivity index (χ3n) is 1.86. The Morgan fingerprint density at radius 2 is 2.44 bits per heavy atom. The van der Waals surface area contributed by atoms with Crippen molar-refractivity contribution in [2.75, 3.05) is 26.7 Å². The molecule has 3 nitrogen and oxygen atoms in total. The molecule has 0 bridgehead atoms. The molecular formula is C6H15N3. The lowest BCUT2D eigenvalue weighted by molar-refractivity contribution is 0.489. The van der Waals surface area contributed by atoms with Crippen LogP contribution in [0.1, 0.15) is 0 Å². The molecule has 0 amide bonds. The summed E-state index contributed by atoms with van der Waals surface area (Å²) in [5.74, 6) is 0.634. The smallest absolute Gasteiger partial charge is 0.0218 e. The summed E-state index contributed by atoms with van der Waals surface area (Å²) >= 11 is 0. The van der Waals surface area contributed by atoms with Gasteiger partial charge in [-0.3, -0.25) is 0 Å². The van der Waals surface area contributed by atoms with Crippen LogP contribution in [0.2, 0.25) is 0 Å². The van der Waals surface area contributed by atoms with Crippen LogP contribution in [-0.2, 0) is 0 Å². The molecule has 1 rings (SSSR count). The van der Waals surface area contributed by atoms with E-state index >= 15 is 0 Å². The van der Waals surface area contributed by atoms with Gasteiger partial charge in [-0.1, -0.05) is 0 Å². The van der Waals surface area contributed by atoms with Crippen molar-refractivity contribution in [2.24, 2.45) is 11.7 Å². The molecule has 1 heterocycles. The van der Waals surface area contributed by atoms with Crippen LogP contribution in [-0.4, -0.2) is 32.7 Å². The number of nitrogens with two attached hydrogens (primary N) is 1. The molecule has 0 aromatic heterocycles. The van der Waals surface area contributed by atoms with Crippen molar-refractivity contribution < 1.29 is 0 Å². The quantitative estimate of drug-likeness (QED) is 0.437. The van der Waals surface area contributed by atoms with E-state index in [4.69, 9.17) is 5.73 Å². The fourth-order valence-electron chi connectivity index (χ4n) is 1.24. The van der Waals surface area contributed by atoms with Crippen molar-refractivity contribution in [3.63, 3.8) is 0 Å². The van der Waals surface area contributed by atoms with Crippen molar-refractivity contribution in [1.82, 2.24) is 10.6 Å². The Hall–Kier alpha value is -0.120. The minimum atomic E-state index is 0.359. The van der Waals surface area contributed by atoms with Crippen LogP contribution in [0.25, 0.3) is 0 Å². The van der Waals surface area contributed by atoms with Gasteiger partial charge in [0.1, 0.15) is 0 Å².